The Bertz CT molecular complexity index is 384. The van der Waals surface area contributed by atoms with Crippen LogP contribution in [0.25, 0.3) is 0 Å². The van der Waals surface area contributed by atoms with Crippen LogP contribution in [0.1, 0.15) is 31.9 Å². The number of anilines is 1. The first-order valence-electron chi connectivity index (χ1n) is 5.97. The maximum Gasteiger partial charge on any atom is 0.0716 e. The highest BCUT2D eigenvalue weighted by Crippen LogP contribution is 2.39. The van der Waals surface area contributed by atoms with E-state index >= 15 is 0 Å². The van der Waals surface area contributed by atoms with Crippen molar-refractivity contribution in [2.75, 3.05) is 25.1 Å². The third-order valence-electron chi connectivity index (χ3n) is 3.31. The van der Waals surface area contributed by atoms with Crippen molar-refractivity contribution in [3.8, 4) is 0 Å². The minimum atomic E-state index is 0.256. The van der Waals surface area contributed by atoms with E-state index in [4.69, 9.17) is 4.74 Å². The lowest BCUT2D eigenvalue weighted by Gasteiger charge is -2.18. The molecule has 0 fully saturated rings. The Morgan fingerprint density at radius 3 is 2.81 bits per heavy atom. The Kier molecular flexibility index (Phi) is 2.94. The molecule has 16 heavy (non-hydrogen) atoms. The molecule has 0 aromatic heterocycles. The minimum absolute atomic E-state index is 0.256. The van der Waals surface area contributed by atoms with Crippen LogP contribution in [0, 0.1) is 0 Å². The van der Waals surface area contributed by atoms with Crippen LogP contribution in [-0.2, 0) is 16.8 Å². The fourth-order valence-corrected chi connectivity index (χ4v) is 2.53. The van der Waals surface area contributed by atoms with E-state index in [9.17, 15) is 0 Å². The van der Waals surface area contributed by atoms with Crippen molar-refractivity contribution in [1.82, 2.24) is 0 Å². The number of hydrogen-bond acceptors (Lipinski definition) is 2. The van der Waals surface area contributed by atoms with Crippen LogP contribution in [0.4, 0.5) is 5.69 Å². The summed E-state index contributed by atoms with van der Waals surface area (Å²) in [5, 5.41) is 0. The molecule has 0 spiro atoms. The van der Waals surface area contributed by atoms with Crippen molar-refractivity contribution < 1.29 is 4.74 Å². The number of fused-ring (bicyclic) bond motifs is 1. The highest BCUT2D eigenvalue weighted by atomic mass is 16.5. The van der Waals surface area contributed by atoms with Crippen LogP contribution in [0.15, 0.2) is 18.2 Å². The van der Waals surface area contributed by atoms with E-state index in [-0.39, 0.29) is 5.41 Å². The summed E-state index contributed by atoms with van der Waals surface area (Å²) in [5.74, 6) is 0. The largest absolute Gasteiger partial charge is 0.377 e. The lowest BCUT2D eigenvalue weighted by Crippen LogP contribution is -2.24. The van der Waals surface area contributed by atoms with Crippen molar-refractivity contribution in [3.63, 3.8) is 0 Å². The highest BCUT2D eigenvalue weighted by molar-refractivity contribution is 5.62. The maximum absolute atomic E-state index is 5.46. The molecule has 0 saturated carbocycles. The van der Waals surface area contributed by atoms with Gasteiger partial charge in [-0.1, -0.05) is 26.0 Å². The smallest absolute Gasteiger partial charge is 0.0716 e. The second kappa shape index (κ2) is 4.10. The third kappa shape index (κ3) is 1.94. The van der Waals surface area contributed by atoms with E-state index in [2.05, 4.69) is 44.0 Å². The van der Waals surface area contributed by atoms with Gasteiger partial charge in [0, 0.05) is 31.3 Å². The van der Waals surface area contributed by atoms with Gasteiger partial charge in [-0.3, -0.25) is 0 Å². The van der Waals surface area contributed by atoms with Crippen LogP contribution in [0.2, 0.25) is 0 Å². The zero-order chi connectivity index (χ0) is 11.8. The quantitative estimate of drug-likeness (QED) is 0.775. The maximum atomic E-state index is 5.46. The number of benzene rings is 1. The molecule has 0 bridgehead atoms. The Morgan fingerprint density at radius 2 is 2.12 bits per heavy atom. The van der Waals surface area contributed by atoms with Gasteiger partial charge in [0.05, 0.1) is 6.61 Å². The van der Waals surface area contributed by atoms with E-state index < -0.39 is 0 Å². The van der Waals surface area contributed by atoms with Crippen molar-refractivity contribution in [3.05, 3.63) is 29.3 Å². The molecule has 1 aromatic carbocycles. The predicted molar refractivity (Wildman–Crippen MR) is 68.1 cm³/mol. The first-order chi connectivity index (χ1) is 7.54. The molecule has 1 heterocycles. The molecule has 2 rings (SSSR count). The number of likely N-dealkylation sites (N-methyl/N-ethyl adjacent to an activating group) is 1. The zero-order valence-corrected chi connectivity index (χ0v) is 10.7. The summed E-state index contributed by atoms with van der Waals surface area (Å²) in [6.45, 7) is 9.25. The topological polar surface area (TPSA) is 12.5 Å². The van der Waals surface area contributed by atoms with E-state index in [0.29, 0.717) is 0 Å². The SMILES string of the molecule is CCOCc1ccc2c(c1)C(C)(C)CN2C. The van der Waals surface area contributed by atoms with Gasteiger partial charge >= 0.3 is 0 Å². The molecule has 0 amide bonds. The molecule has 2 heteroatoms. The molecule has 0 N–H and O–H groups in total. The second-order valence-corrected chi connectivity index (χ2v) is 5.23. The Labute approximate surface area is 98.2 Å². The van der Waals surface area contributed by atoms with Gasteiger partial charge in [0.25, 0.3) is 0 Å². The molecule has 2 nitrogen and oxygen atoms in total. The summed E-state index contributed by atoms with van der Waals surface area (Å²) < 4.78 is 5.46. The first-order valence-corrected chi connectivity index (χ1v) is 5.97. The summed E-state index contributed by atoms with van der Waals surface area (Å²) in [6, 6.07) is 6.69. The molecular weight excluding hydrogens is 198 g/mol. The molecule has 88 valence electrons. The van der Waals surface area contributed by atoms with Crippen molar-refractivity contribution in [2.45, 2.75) is 32.8 Å². The molecule has 0 radical (unpaired) electrons. The van der Waals surface area contributed by atoms with Gasteiger partial charge in [-0.2, -0.15) is 0 Å². The van der Waals surface area contributed by atoms with E-state index in [0.717, 1.165) is 19.8 Å². The minimum Gasteiger partial charge on any atom is -0.377 e. The predicted octanol–water partition coefficient (Wildman–Crippen LogP) is 2.95. The fourth-order valence-electron chi connectivity index (χ4n) is 2.53. The van der Waals surface area contributed by atoms with E-state index in [1.165, 1.54) is 16.8 Å². The van der Waals surface area contributed by atoms with Crippen LogP contribution in [-0.4, -0.2) is 20.2 Å². The molecule has 0 aliphatic carbocycles. The van der Waals surface area contributed by atoms with Gasteiger partial charge in [0.15, 0.2) is 0 Å². The van der Waals surface area contributed by atoms with Gasteiger partial charge < -0.3 is 9.64 Å². The Balaban J connectivity index is 2.31. The summed E-state index contributed by atoms with van der Waals surface area (Å²) in [5.41, 5.74) is 4.35. The van der Waals surface area contributed by atoms with Crippen LogP contribution in [0.3, 0.4) is 0 Å². The Morgan fingerprint density at radius 1 is 1.38 bits per heavy atom. The fraction of sp³-hybridized carbons (Fsp3) is 0.571. The van der Waals surface area contributed by atoms with Gasteiger partial charge in [-0.25, -0.2) is 0 Å². The molecular formula is C14H21NO. The Hall–Kier alpha value is -1.02. The number of ether oxygens (including phenoxy) is 1. The summed E-state index contributed by atoms with van der Waals surface area (Å²) >= 11 is 0. The number of hydrogen-bond donors (Lipinski definition) is 0. The molecule has 1 aromatic rings. The lowest BCUT2D eigenvalue weighted by molar-refractivity contribution is 0.134. The summed E-state index contributed by atoms with van der Waals surface area (Å²) in [6.07, 6.45) is 0. The molecule has 1 aliphatic rings. The molecule has 0 unspecified atom stereocenters. The monoisotopic (exact) mass is 219 g/mol. The van der Waals surface area contributed by atoms with Gasteiger partial charge in [0.1, 0.15) is 0 Å². The lowest BCUT2D eigenvalue weighted by atomic mass is 9.86. The molecule has 0 atom stereocenters. The van der Waals surface area contributed by atoms with Crippen molar-refractivity contribution in [2.24, 2.45) is 0 Å². The van der Waals surface area contributed by atoms with Crippen LogP contribution < -0.4 is 4.90 Å². The standard InChI is InChI=1S/C14H21NO/c1-5-16-9-11-6-7-13-12(8-11)14(2,3)10-15(13)4/h6-8H,5,9-10H2,1-4H3. The van der Waals surface area contributed by atoms with Crippen LogP contribution >= 0.6 is 0 Å². The zero-order valence-electron chi connectivity index (χ0n) is 10.7. The van der Waals surface area contributed by atoms with Gasteiger partial charge in [-0.15, -0.1) is 0 Å². The highest BCUT2D eigenvalue weighted by Gasteiger charge is 2.33. The van der Waals surface area contributed by atoms with Crippen molar-refractivity contribution >= 4 is 5.69 Å². The first kappa shape index (κ1) is 11.5. The second-order valence-electron chi connectivity index (χ2n) is 5.23. The number of nitrogens with zero attached hydrogens (tertiary/aromatic N) is 1. The molecule has 1 aliphatic heterocycles. The third-order valence-corrected chi connectivity index (χ3v) is 3.31. The summed E-state index contributed by atoms with van der Waals surface area (Å²) in [7, 11) is 2.16. The molecule has 0 saturated heterocycles. The average molecular weight is 219 g/mol. The number of rotatable bonds is 3. The van der Waals surface area contributed by atoms with Crippen LogP contribution in [0.5, 0.6) is 0 Å². The van der Waals surface area contributed by atoms with E-state index in [1.807, 2.05) is 6.92 Å². The average Bonchev–Trinajstić information content (AvgIpc) is 2.47. The van der Waals surface area contributed by atoms with Gasteiger partial charge in [0.2, 0.25) is 0 Å². The normalized spacial score (nSPS) is 17.6. The van der Waals surface area contributed by atoms with E-state index in [1.54, 1.807) is 0 Å². The van der Waals surface area contributed by atoms with Gasteiger partial charge in [-0.05, 0) is 24.1 Å². The van der Waals surface area contributed by atoms with Crippen molar-refractivity contribution in [1.29, 1.82) is 0 Å². The summed E-state index contributed by atoms with van der Waals surface area (Å²) in [4.78, 5) is 2.33.